The Morgan fingerprint density at radius 1 is 1.14 bits per heavy atom. The Morgan fingerprint density at radius 3 is 2.71 bits per heavy atom. The molecule has 2 aromatic carbocycles. The number of carboxylic acid groups (broad SMARTS) is 1. The summed E-state index contributed by atoms with van der Waals surface area (Å²) in [4.78, 5) is 19.2. The average molecular weight is 475 g/mol. The molecule has 3 aromatic rings. The van der Waals surface area contributed by atoms with E-state index in [1.165, 1.54) is 32.1 Å². The molecular formula is C29H34N2O4. The molecule has 0 bridgehead atoms. The van der Waals surface area contributed by atoms with Gasteiger partial charge in [0.15, 0.2) is 0 Å². The van der Waals surface area contributed by atoms with Crippen molar-refractivity contribution in [3.63, 3.8) is 0 Å². The summed E-state index contributed by atoms with van der Waals surface area (Å²) in [6.45, 7) is 4.04. The van der Waals surface area contributed by atoms with Crippen molar-refractivity contribution < 1.29 is 19.1 Å². The minimum absolute atomic E-state index is 0.448. The van der Waals surface area contributed by atoms with E-state index in [0.29, 0.717) is 30.6 Å². The first kappa shape index (κ1) is 23.6. The van der Waals surface area contributed by atoms with E-state index in [9.17, 15) is 9.90 Å². The summed E-state index contributed by atoms with van der Waals surface area (Å²) in [5, 5.41) is 10.1. The number of nitrogens with zero attached hydrogens (tertiary/aromatic N) is 2. The Morgan fingerprint density at radius 2 is 1.94 bits per heavy atom. The van der Waals surface area contributed by atoms with Crippen LogP contribution in [0.4, 0.5) is 0 Å². The molecule has 2 heterocycles. The highest BCUT2D eigenvalue weighted by Crippen LogP contribution is 2.35. The highest BCUT2D eigenvalue weighted by molar-refractivity contribution is 5.77. The van der Waals surface area contributed by atoms with Crippen molar-refractivity contribution in [1.29, 1.82) is 0 Å². The zero-order valence-electron chi connectivity index (χ0n) is 20.4. The van der Waals surface area contributed by atoms with Crippen LogP contribution in [0.15, 0.2) is 52.9 Å². The van der Waals surface area contributed by atoms with E-state index < -0.39 is 12.0 Å². The number of ether oxygens (including phenoxy) is 1. The van der Waals surface area contributed by atoms with Crippen molar-refractivity contribution in [3.05, 3.63) is 71.1 Å². The van der Waals surface area contributed by atoms with E-state index in [0.717, 1.165) is 47.7 Å². The summed E-state index contributed by atoms with van der Waals surface area (Å²) in [6.07, 6.45) is 7.77. The van der Waals surface area contributed by atoms with Gasteiger partial charge in [0.1, 0.15) is 17.6 Å². The maximum absolute atomic E-state index is 12.3. The lowest BCUT2D eigenvalue weighted by molar-refractivity contribution is -0.144. The highest BCUT2D eigenvalue weighted by Gasteiger charge is 2.34. The smallest absolute Gasteiger partial charge is 0.325 e. The quantitative estimate of drug-likeness (QED) is 0.442. The topological polar surface area (TPSA) is 75.8 Å². The number of carboxylic acids is 1. The third-order valence-corrected chi connectivity index (χ3v) is 7.42. The number of benzene rings is 2. The number of aryl methyl sites for hydroxylation is 1. The Hall–Kier alpha value is -3.12. The Bertz CT molecular complexity index is 1150. The van der Waals surface area contributed by atoms with E-state index in [-0.39, 0.29) is 0 Å². The summed E-state index contributed by atoms with van der Waals surface area (Å²) >= 11 is 0. The van der Waals surface area contributed by atoms with Gasteiger partial charge in [-0.2, -0.15) is 0 Å². The van der Waals surface area contributed by atoms with Crippen LogP contribution in [-0.2, 0) is 17.6 Å². The number of hydrogen-bond acceptors (Lipinski definition) is 5. The standard InChI is InChI=1S/C29H34N2O4/c1-20-26(30-28(35-20)23-10-6-3-7-11-23)15-17-34-24-13-12-22-14-16-31(19-21-8-4-2-5-9-21)27(29(32)33)25(22)18-24/h3,6-7,10-13,18,21,27H,2,4-5,8-9,14-17,19H2,1H3,(H,32,33). The van der Waals surface area contributed by atoms with Crippen LogP contribution in [0.25, 0.3) is 11.5 Å². The van der Waals surface area contributed by atoms with Crippen LogP contribution >= 0.6 is 0 Å². The van der Waals surface area contributed by atoms with Gasteiger partial charge in [-0.15, -0.1) is 0 Å². The predicted molar refractivity (Wildman–Crippen MR) is 135 cm³/mol. The molecule has 0 spiro atoms. The maximum atomic E-state index is 12.3. The molecule has 1 saturated carbocycles. The molecule has 0 radical (unpaired) electrons. The fraction of sp³-hybridized carbons (Fsp3) is 0.448. The average Bonchev–Trinajstić information content (AvgIpc) is 3.25. The minimum atomic E-state index is -0.773. The molecule has 6 nitrogen and oxygen atoms in total. The second-order valence-electron chi connectivity index (χ2n) is 9.84. The van der Waals surface area contributed by atoms with E-state index >= 15 is 0 Å². The van der Waals surface area contributed by atoms with Crippen molar-refractivity contribution >= 4 is 5.97 Å². The third kappa shape index (κ3) is 5.43. The van der Waals surface area contributed by atoms with Crippen LogP contribution in [0.1, 0.15) is 60.7 Å². The molecule has 1 unspecified atom stereocenters. The zero-order chi connectivity index (χ0) is 24.2. The first-order chi connectivity index (χ1) is 17.1. The summed E-state index contributed by atoms with van der Waals surface area (Å²) < 4.78 is 11.9. The number of carbonyl (C=O) groups is 1. The number of aliphatic carboxylic acids is 1. The number of rotatable bonds is 8. The van der Waals surface area contributed by atoms with E-state index in [1.807, 2.05) is 55.5 Å². The van der Waals surface area contributed by atoms with Crippen LogP contribution in [0.5, 0.6) is 5.75 Å². The van der Waals surface area contributed by atoms with Crippen molar-refractivity contribution in [1.82, 2.24) is 9.88 Å². The summed E-state index contributed by atoms with van der Waals surface area (Å²) in [5.41, 5.74) is 3.82. The molecule has 184 valence electrons. The maximum Gasteiger partial charge on any atom is 0.325 e. The Labute approximate surface area is 206 Å². The number of oxazole rings is 1. The predicted octanol–water partition coefficient (Wildman–Crippen LogP) is 5.84. The van der Waals surface area contributed by atoms with Gasteiger partial charge >= 0.3 is 5.97 Å². The summed E-state index contributed by atoms with van der Waals surface area (Å²) in [7, 11) is 0. The minimum Gasteiger partial charge on any atom is -0.493 e. The Kier molecular flexibility index (Phi) is 7.19. The van der Waals surface area contributed by atoms with E-state index in [1.54, 1.807) is 0 Å². The van der Waals surface area contributed by atoms with Gasteiger partial charge in [-0.25, -0.2) is 4.98 Å². The monoisotopic (exact) mass is 474 g/mol. The van der Waals surface area contributed by atoms with Gasteiger partial charge in [-0.05, 0) is 67.5 Å². The molecule has 6 heteroatoms. The molecule has 0 saturated heterocycles. The van der Waals surface area contributed by atoms with Crippen LogP contribution in [0, 0.1) is 12.8 Å². The molecule has 5 rings (SSSR count). The lowest BCUT2D eigenvalue weighted by Gasteiger charge is -2.38. The van der Waals surface area contributed by atoms with E-state index in [2.05, 4.69) is 9.88 Å². The molecular weight excluding hydrogens is 440 g/mol. The second kappa shape index (κ2) is 10.6. The summed E-state index contributed by atoms with van der Waals surface area (Å²) in [6, 6.07) is 15.2. The van der Waals surface area contributed by atoms with Crippen LogP contribution in [-0.4, -0.2) is 40.7 Å². The van der Waals surface area contributed by atoms with Crippen molar-refractivity contribution in [2.24, 2.45) is 5.92 Å². The number of aromatic nitrogens is 1. The van der Waals surface area contributed by atoms with Crippen molar-refractivity contribution in [2.45, 2.75) is 57.9 Å². The summed E-state index contributed by atoms with van der Waals surface area (Å²) in [5.74, 6) is 1.96. The zero-order valence-corrected chi connectivity index (χ0v) is 20.4. The number of fused-ring (bicyclic) bond motifs is 1. The number of hydrogen-bond donors (Lipinski definition) is 1. The lowest BCUT2D eigenvalue weighted by atomic mass is 9.86. The normalized spacial score (nSPS) is 18.8. The van der Waals surface area contributed by atoms with Gasteiger partial charge in [-0.3, -0.25) is 9.69 Å². The Balaban J connectivity index is 1.25. The highest BCUT2D eigenvalue weighted by atomic mass is 16.5. The van der Waals surface area contributed by atoms with Gasteiger partial charge in [0.05, 0.1) is 12.3 Å². The molecule has 1 aliphatic heterocycles. The molecule has 35 heavy (non-hydrogen) atoms. The molecule has 1 aromatic heterocycles. The molecule has 1 N–H and O–H groups in total. The second-order valence-corrected chi connectivity index (χ2v) is 9.84. The SMILES string of the molecule is Cc1oc(-c2ccccc2)nc1CCOc1ccc2c(c1)C(C(=O)O)N(CC1CCCCC1)CC2. The largest absolute Gasteiger partial charge is 0.493 e. The molecule has 1 atom stereocenters. The lowest BCUT2D eigenvalue weighted by Crippen LogP contribution is -2.42. The first-order valence-corrected chi connectivity index (χ1v) is 12.8. The van der Waals surface area contributed by atoms with Gasteiger partial charge in [-0.1, -0.05) is 43.5 Å². The van der Waals surface area contributed by atoms with E-state index in [4.69, 9.17) is 9.15 Å². The van der Waals surface area contributed by atoms with Gasteiger partial charge < -0.3 is 14.3 Å². The molecule has 0 amide bonds. The van der Waals surface area contributed by atoms with Crippen LogP contribution in [0.3, 0.4) is 0 Å². The fourth-order valence-corrected chi connectivity index (χ4v) is 5.55. The molecule has 1 aliphatic carbocycles. The molecule has 2 aliphatic rings. The van der Waals surface area contributed by atoms with Gasteiger partial charge in [0.25, 0.3) is 0 Å². The van der Waals surface area contributed by atoms with Crippen LogP contribution in [0.2, 0.25) is 0 Å². The van der Waals surface area contributed by atoms with Crippen molar-refractivity contribution in [3.8, 4) is 17.2 Å². The first-order valence-electron chi connectivity index (χ1n) is 12.8. The third-order valence-electron chi connectivity index (χ3n) is 7.42. The fourth-order valence-electron chi connectivity index (χ4n) is 5.55. The van der Waals surface area contributed by atoms with Gasteiger partial charge in [0.2, 0.25) is 5.89 Å². The van der Waals surface area contributed by atoms with Crippen molar-refractivity contribution in [2.75, 3.05) is 19.7 Å². The van der Waals surface area contributed by atoms with Gasteiger partial charge in [0, 0.05) is 25.1 Å². The molecule has 1 fully saturated rings. The van der Waals surface area contributed by atoms with Crippen LogP contribution < -0.4 is 4.74 Å².